The summed E-state index contributed by atoms with van der Waals surface area (Å²) in [6.45, 7) is 2.95. The first-order valence-corrected chi connectivity index (χ1v) is 8.95. The zero-order valence-electron chi connectivity index (χ0n) is 13.4. The Kier molecular flexibility index (Phi) is 6.12. The van der Waals surface area contributed by atoms with Crippen molar-refractivity contribution in [2.45, 2.75) is 0 Å². The first-order chi connectivity index (χ1) is 12.1. The van der Waals surface area contributed by atoms with Gasteiger partial charge in [0.1, 0.15) is 11.6 Å². The molecule has 0 spiro atoms. The molecule has 0 atom stereocenters. The number of hydrogen-bond acceptors (Lipinski definition) is 5. The van der Waals surface area contributed by atoms with Crippen molar-refractivity contribution >= 4 is 44.9 Å². The summed E-state index contributed by atoms with van der Waals surface area (Å²) < 4.78 is 11.5. The Bertz CT molecular complexity index is 736. The van der Waals surface area contributed by atoms with Crippen LogP contribution in [0.25, 0.3) is 0 Å². The number of pyridine rings is 1. The maximum atomic E-state index is 12.0. The second-order valence-electron chi connectivity index (χ2n) is 5.42. The number of morpholine rings is 1. The van der Waals surface area contributed by atoms with Gasteiger partial charge in [0.25, 0.3) is 5.91 Å². The van der Waals surface area contributed by atoms with Gasteiger partial charge in [-0.15, -0.1) is 0 Å². The molecule has 6 nitrogen and oxygen atoms in total. The van der Waals surface area contributed by atoms with Gasteiger partial charge in [-0.2, -0.15) is 0 Å². The lowest BCUT2D eigenvalue weighted by atomic mass is 10.3. The summed E-state index contributed by atoms with van der Waals surface area (Å²) in [5, 5.41) is 3.35. The van der Waals surface area contributed by atoms with Crippen LogP contribution in [0.15, 0.2) is 41.0 Å². The minimum atomic E-state index is -0.261. The average molecular weight is 427 g/mol. The predicted molar refractivity (Wildman–Crippen MR) is 101 cm³/mol. The van der Waals surface area contributed by atoms with Gasteiger partial charge in [-0.1, -0.05) is 11.6 Å². The minimum Gasteiger partial charge on any atom is -0.483 e. The summed E-state index contributed by atoms with van der Waals surface area (Å²) in [6.07, 6.45) is 1.64. The van der Waals surface area contributed by atoms with Gasteiger partial charge in [0, 0.05) is 18.1 Å². The molecule has 3 rings (SSSR count). The second kappa shape index (κ2) is 8.51. The number of nitrogens with one attached hydrogen (secondary N) is 1. The topological polar surface area (TPSA) is 63.7 Å². The van der Waals surface area contributed by atoms with Crippen molar-refractivity contribution in [3.8, 4) is 5.75 Å². The molecule has 1 saturated heterocycles. The van der Waals surface area contributed by atoms with Gasteiger partial charge in [-0.25, -0.2) is 4.98 Å². The predicted octanol–water partition coefficient (Wildman–Crippen LogP) is 3.35. The maximum absolute atomic E-state index is 12.0. The molecule has 0 bridgehead atoms. The van der Waals surface area contributed by atoms with Crippen molar-refractivity contribution in [1.29, 1.82) is 0 Å². The summed E-state index contributed by atoms with van der Waals surface area (Å²) >= 11 is 9.22. The highest BCUT2D eigenvalue weighted by Gasteiger charge is 2.12. The molecule has 1 fully saturated rings. The molecule has 1 aliphatic rings. The minimum absolute atomic E-state index is 0.106. The van der Waals surface area contributed by atoms with E-state index in [1.807, 2.05) is 12.1 Å². The van der Waals surface area contributed by atoms with Crippen LogP contribution in [0.5, 0.6) is 5.75 Å². The van der Waals surface area contributed by atoms with Crippen LogP contribution in [0.2, 0.25) is 5.02 Å². The van der Waals surface area contributed by atoms with Crippen LogP contribution >= 0.6 is 27.5 Å². The Labute approximate surface area is 159 Å². The zero-order chi connectivity index (χ0) is 17.6. The third-order valence-corrected chi connectivity index (χ3v) is 4.47. The van der Waals surface area contributed by atoms with Crippen molar-refractivity contribution in [3.63, 3.8) is 0 Å². The Morgan fingerprint density at radius 3 is 2.80 bits per heavy atom. The standard InChI is InChI=1S/C17H17BrClN3O3/c18-14-9-12(19)1-3-15(14)25-11-17(23)21-13-2-4-16(20-10-13)22-5-7-24-8-6-22/h1-4,9-10H,5-8,11H2,(H,21,23). The quantitative estimate of drug-likeness (QED) is 0.794. The van der Waals surface area contributed by atoms with Crippen molar-refractivity contribution < 1.29 is 14.3 Å². The smallest absolute Gasteiger partial charge is 0.262 e. The van der Waals surface area contributed by atoms with Crippen LogP contribution in [0.4, 0.5) is 11.5 Å². The van der Waals surface area contributed by atoms with E-state index in [0.29, 0.717) is 34.1 Å². The van der Waals surface area contributed by atoms with Crippen LogP contribution in [-0.4, -0.2) is 43.8 Å². The Morgan fingerprint density at radius 1 is 1.32 bits per heavy atom. The lowest BCUT2D eigenvalue weighted by molar-refractivity contribution is -0.118. The second-order valence-corrected chi connectivity index (χ2v) is 6.71. The summed E-state index contributed by atoms with van der Waals surface area (Å²) in [5.41, 5.74) is 0.626. The molecule has 1 aliphatic heterocycles. The molecular weight excluding hydrogens is 410 g/mol. The number of amides is 1. The molecule has 25 heavy (non-hydrogen) atoms. The van der Waals surface area contributed by atoms with E-state index < -0.39 is 0 Å². The highest BCUT2D eigenvalue weighted by atomic mass is 79.9. The lowest BCUT2D eigenvalue weighted by Crippen LogP contribution is -2.36. The summed E-state index contributed by atoms with van der Waals surface area (Å²) in [4.78, 5) is 18.6. The van der Waals surface area contributed by atoms with Crippen molar-refractivity contribution in [2.75, 3.05) is 43.1 Å². The molecule has 2 heterocycles. The van der Waals surface area contributed by atoms with E-state index in [1.165, 1.54) is 0 Å². The van der Waals surface area contributed by atoms with Gasteiger partial charge in [-0.05, 0) is 46.3 Å². The van der Waals surface area contributed by atoms with Crippen LogP contribution in [-0.2, 0) is 9.53 Å². The number of anilines is 2. The summed E-state index contributed by atoms with van der Waals surface area (Å²) in [6, 6.07) is 8.83. The molecule has 1 aromatic heterocycles. The van der Waals surface area contributed by atoms with Gasteiger partial charge < -0.3 is 19.7 Å². The number of hydrogen-bond donors (Lipinski definition) is 1. The SMILES string of the molecule is O=C(COc1ccc(Cl)cc1Br)Nc1ccc(N2CCOCC2)nc1. The number of rotatable bonds is 5. The number of aromatic nitrogens is 1. The molecule has 132 valence electrons. The van der Waals surface area contributed by atoms with E-state index >= 15 is 0 Å². The maximum Gasteiger partial charge on any atom is 0.262 e. The fourth-order valence-corrected chi connectivity index (χ4v) is 3.17. The number of nitrogens with zero attached hydrogens (tertiary/aromatic N) is 2. The molecule has 0 saturated carbocycles. The van der Waals surface area contributed by atoms with Crippen LogP contribution in [0, 0.1) is 0 Å². The normalized spacial score (nSPS) is 14.2. The number of halogens is 2. The van der Waals surface area contributed by atoms with Crippen LogP contribution in [0.3, 0.4) is 0 Å². The van der Waals surface area contributed by atoms with Crippen LogP contribution in [0.1, 0.15) is 0 Å². The molecule has 8 heteroatoms. The average Bonchev–Trinajstić information content (AvgIpc) is 2.62. The largest absolute Gasteiger partial charge is 0.483 e. The Balaban J connectivity index is 1.52. The molecule has 1 amide bonds. The van der Waals surface area contributed by atoms with E-state index in [1.54, 1.807) is 24.4 Å². The lowest BCUT2D eigenvalue weighted by Gasteiger charge is -2.27. The monoisotopic (exact) mass is 425 g/mol. The summed E-state index contributed by atoms with van der Waals surface area (Å²) in [5.74, 6) is 1.17. The van der Waals surface area contributed by atoms with Gasteiger partial charge in [0.05, 0.1) is 29.6 Å². The summed E-state index contributed by atoms with van der Waals surface area (Å²) in [7, 11) is 0. The van der Waals surface area contributed by atoms with Crippen molar-refractivity contribution in [2.24, 2.45) is 0 Å². The number of carbonyl (C=O) groups is 1. The Morgan fingerprint density at radius 2 is 2.12 bits per heavy atom. The first-order valence-electron chi connectivity index (χ1n) is 7.78. The third-order valence-electron chi connectivity index (χ3n) is 3.62. The number of carbonyl (C=O) groups excluding carboxylic acids is 1. The van der Waals surface area contributed by atoms with Crippen molar-refractivity contribution in [1.82, 2.24) is 4.98 Å². The highest BCUT2D eigenvalue weighted by molar-refractivity contribution is 9.10. The van der Waals surface area contributed by atoms with E-state index in [9.17, 15) is 4.79 Å². The molecule has 2 aromatic rings. The molecule has 1 N–H and O–H groups in total. The first kappa shape index (κ1) is 18.0. The van der Waals surface area contributed by atoms with Gasteiger partial charge in [0.2, 0.25) is 0 Å². The molecule has 0 aliphatic carbocycles. The van der Waals surface area contributed by atoms with Gasteiger partial charge in [0.15, 0.2) is 6.61 Å². The van der Waals surface area contributed by atoms with E-state index in [2.05, 4.69) is 31.1 Å². The molecular formula is C17H17BrClN3O3. The fourth-order valence-electron chi connectivity index (χ4n) is 2.37. The highest BCUT2D eigenvalue weighted by Crippen LogP contribution is 2.27. The Hall–Kier alpha value is -1.83. The van der Waals surface area contributed by atoms with Gasteiger partial charge in [-0.3, -0.25) is 4.79 Å². The van der Waals surface area contributed by atoms with Gasteiger partial charge >= 0.3 is 0 Å². The van der Waals surface area contributed by atoms with Crippen LogP contribution < -0.4 is 15.0 Å². The van der Waals surface area contributed by atoms with E-state index in [4.69, 9.17) is 21.1 Å². The molecule has 0 radical (unpaired) electrons. The fraction of sp³-hybridized carbons (Fsp3) is 0.294. The van der Waals surface area contributed by atoms with Crippen molar-refractivity contribution in [3.05, 3.63) is 46.0 Å². The molecule has 0 unspecified atom stereocenters. The van der Waals surface area contributed by atoms with E-state index in [0.717, 1.165) is 18.9 Å². The third kappa shape index (κ3) is 5.07. The number of ether oxygens (including phenoxy) is 2. The molecule has 1 aromatic carbocycles. The zero-order valence-corrected chi connectivity index (χ0v) is 15.7. The van der Waals surface area contributed by atoms with E-state index in [-0.39, 0.29) is 12.5 Å². The number of benzene rings is 1.